The third-order valence-electron chi connectivity index (χ3n) is 3.73. The van der Waals surface area contributed by atoms with E-state index in [1.54, 1.807) is 36.4 Å². The quantitative estimate of drug-likeness (QED) is 0.859. The molecule has 0 fully saturated rings. The highest BCUT2D eigenvalue weighted by atomic mass is 19.1. The monoisotopic (exact) mass is 299 g/mol. The van der Waals surface area contributed by atoms with Crippen LogP contribution < -0.4 is 4.90 Å². The summed E-state index contributed by atoms with van der Waals surface area (Å²) >= 11 is 0. The first-order valence-corrected chi connectivity index (χ1v) is 7.07. The average molecular weight is 299 g/mol. The molecule has 1 heterocycles. The highest BCUT2D eigenvalue weighted by molar-refractivity contribution is 6.21. The average Bonchev–Trinajstić information content (AvgIpc) is 2.75. The van der Waals surface area contributed by atoms with Gasteiger partial charge in [-0.15, -0.1) is 0 Å². The van der Waals surface area contributed by atoms with Gasteiger partial charge >= 0.3 is 0 Å². The molecular weight excluding hydrogens is 283 g/mol. The number of fused-ring (bicyclic) bond motifs is 1. The predicted molar refractivity (Wildman–Crippen MR) is 78.8 cm³/mol. The number of hydrogen-bond donors (Lipinski definition) is 1. The highest BCUT2D eigenvalue weighted by Gasteiger charge is 2.36. The van der Waals surface area contributed by atoms with Crippen LogP contribution in [-0.2, 0) is 6.54 Å². The van der Waals surface area contributed by atoms with Gasteiger partial charge in [0.25, 0.3) is 11.8 Å². The number of rotatable bonds is 4. The van der Waals surface area contributed by atoms with Gasteiger partial charge in [-0.1, -0.05) is 24.3 Å². The Morgan fingerprint density at radius 1 is 0.955 bits per heavy atom. The van der Waals surface area contributed by atoms with Crippen molar-refractivity contribution in [2.75, 3.05) is 13.7 Å². The number of halogens is 1. The molecule has 5 heteroatoms. The molecule has 2 amide bonds. The fourth-order valence-electron chi connectivity index (χ4n) is 2.66. The summed E-state index contributed by atoms with van der Waals surface area (Å²) in [6, 6.07) is 13.1. The topological polar surface area (TPSA) is 41.8 Å². The SMILES string of the molecule is C[NH+](Cc1ccc(F)cc1)CN1C(=O)c2ccccc2C1=O. The van der Waals surface area contributed by atoms with Gasteiger partial charge in [-0.05, 0) is 24.3 Å². The molecule has 1 aliphatic rings. The molecule has 1 aliphatic heterocycles. The first-order valence-electron chi connectivity index (χ1n) is 7.07. The Hall–Kier alpha value is -2.53. The number of quaternary nitrogens is 1. The van der Waals surface area contributed by atoms with E-state index in [-0.39, 0.29) is 24.3 Å². The van der Waals surface area contributed by atoms with Crippen LogP contribution in [0.1, 0.15) is 26.3 Å². The molecule has 0 saturated heterocycles. The van der Waals surface area contributed by atoms with Gasteiger partial charge in [-0.2, -0.15) is 0 Å². The van der Waals surface area contributed by atoms with Crippen LogP contribution in [0.15, 0.2) is 48.5 Å². The van der Waals surface area contributed by atoms with E-state index in [4.69, 9.17) is 0 Å². The number of hydrogen-bond acceptors (Lipinski definition) is 2. The smallest absolute Gasteiger partial charge is 0.265 e. The summed E-state index contributed by atoms with van der Waals surface area (Å²) < 4.78 is 12.9. The summed E-state index contributed by atoms with van der Waals surface area (Å²) in [6.07, 6.45) is 0. The van der Waals surface area contributed by atoms with Crippen molar-refractivity contribution < 1.29 is 18.9 Å². The minimum absolute atomic E-state index is 0.251. The molecule has 1 unspecified atom stereocenters. The van der Waals surface area contributed by atoms with Crippen molar-refractivity contribution in [3.05, 3.63) is 71.0 Å². The maximum atomic E-state index is 12.9. The summed E-state index contributed by atoms with van der Waals surface area (Å²) in [5, 5.41) is 0. The Balaban J connectivity index is 1.70. The second-order valence-electron chi connectivity index (χ2n) is 5.50. The van der Waals surface area contributed by atoms with E-state index in [9.17, 15) is 14.0 Å². The zero-order valence-corrected chi connectivity index (χ0v) is 12.2. The third-order valence-corrected chi connectivity index (χ3v) is 3.73. The Kier molecular flexibility index (Phi) is 3.73. The minimum atomic E-state index is -0.276. The van der Waals surface area contributed by atoms with Gasteiger partial charge in [-0.25, -0.2) is 9.29 Å². The van der Waals surface area contributed by atoms with E-state index < -0.39 is 0 Å². The van der Waals surface area contributed by atoms with Gasteiger partial charge < -0.3 is 4.90 Å². The molecule has 3 rings (SSSR count). The molecular formula is C17H16FN2O2+. The van der Waals surface area contributed by atoms with Crippen LogP contribution in [0.4, 0.5) is 4.39 Å². The van der Waals surface area contributed by atoms with E-state index in [1.807, 2.05) is 7.05 Å². The number of nitrogens with zero attached hydrogens (tertiary/aromatic N) is 1. The van der Waals surface area contributed by atoms with Gasteiger partial charge in [0.2, 0.25) is 0 Å². The van der Waals surface area contributed by atoms with Crippen LogP contribution in [0.25, 0.3) is 0 Å². The minimum Gasteiger partial charge on any atom is -0.316 e. The molecule has 2 aromatic carbocycles. The molecule has 0 aliphatic carbocycles. The van der Waals surface area contributed by atoms with Crippen molar-refractivity contribution in [2.45, 2.75) is 6.54 Å². The second kappa shape index (κ2) is 5.69. The molecule has 2 aromatic rings. The van der Waals surface area contributed by atoms with Crippen LogP contribution in [0.3, 0.4) is 0 Å². The molecule has 0 saturated carbocycles. The summed E-state index contributed by atoms with van der Waals surface area (Å²) in [7, 11) is 1.90. The molecule has 1 atom stereocenters. The standard InChI is InChI=1S/C17H15FN2O2/c1-19(10-12-6-8-13(18)9-7-12)11-20-16(21)14-4-2-3-5-15(14)17(20)22/h2-9H,10-11H2,1H3/p+1. The van der Waals surface area contributed by atoms with Gasteiger partial charge in [0, 0.05) is 5.56 Å². The molecule has 0 bridgehead atoms. The summed E-state index contributed by atoms with van der Waals surface area (Å²) in [5.41, 5.74) is 1.87. The van der Waals surface area contributed by atoms with Crippen LogP contribution in [0.2, 0.25) is 0 Å². The number of carbonyl (C=O) groups is 2. The van der Waals surface area contributed by atoms with Crippen molar-refractivity contribution >= 4 is 11.8 Å². The van der Waals surface area contributed by atoms with Crippen LogP contribution >= 0.6 is 0 Å². The number of nitrogens with one attached hydrogen (secondary N) is 1. The van der Waals surface area contributed by atoms with Crippen molar-refractivity contribution in [3.63, 3.8) is 0 Å². The Bertz CT molecular complexity index is 693. The van der Waals surface area contributed by atoms with Crippen molar-refractivity contribution in [2.24, 2.45) is 0 Å². The largest absolute Gasteiger partial charge is 0.316 e. The lowest BCUT2D eigenvalue weighted by Gasteiger charge is -2.20. The summed E-state index contributed by atoms with van der Waals surface area (Å²) in [5.74, 6) is -0.778. The van der Waals surface area contributed by atoms with E-state index >= 15 is 0 Å². The third kappa shape index (κ3) is 2.63. The summed E-state index contributed by atoms with van der Waals surface area (Å²) in [4.78, 5) is 26.8. The molecule has 22 heavy (non-hydrogen) atoms. The normalized spacial score (nSPS) is 15.1. The first-order chi connectivity index (χ1) is 10.6. The zero-order chi connectivity index (χ0) is 15.7. The molecule has 0 aromatic heterocycles. The maximum Gasteiger partial charge on any atom is 0.265 e. The highest BCUT2D eigenvalue weighted by Crippen LogP contribution is 2.21. The molecule has 1 N–H and O–H groups in total. The Morgan fingerprint density at radius 2 is 1.50 bits per heavy atom. The van der Waals surface area contributed by atoms with E-state index in [0.29, 0.717) is 17.7 Å². The van der Waals surface area contributed by atoms with Crippen molar-refractivity contribution in [3.8, 4) is 0 Å². The summed E-state index contributed by atoms with van der Waals surface area (Å²) in [6.45, 7) is 0.886. The number of benzene rings is 2. The molecule has 0 radical (unpaired) electrons. The molecule has 0 spiro atoms. The van der Waals surface area contributed by atoms with Gasteiger partial charge in [0.05, 0.1) is 18.2 Å². The van der Waals surface area contributed by atoms with Crippen molar-refractivity contribution in [1.29, 1.82) is 0 Å². The number of carbonyl (C=O) groups excluding carboxylic acids is 2. The lowest BCUT2D eigenvalue weighted by Crippen LogP contribution is -3.09. The van der Waals surface area contributed by atoms with Gasteiger partial charge in [-0.3, -0.25) is 9.59 Å². The van der Waals surface area contributed by atoms with E-state index in [1.165, 1.54) is 17.0 Å². The van der Waals surface area contributed by atoms with Crippen LogP contribution in [-0.4, -0.2) is 30.4 Å². The fraction of sp³-hybridized carbons (Fsp3) is 0.176. The predicted octanol–water partition coefficient (Wildman–Crippen LogP) is 1.09. The Morgan fingerprint density at radius 3 is 2.05 bits per heavy atom. The maximum absolute atomic E-state index is 12.9. The fourth-order valence-corrected chi connectivity index (χ4v) is 2.66. The molecule has 4 nitrogen and oxygen atoms in total. The van der Waals surface area contributed by atoms with E-state index in [0.717, 1.165) is 10.5 Å². The zero-order valence-electron chi connectivity index (χ0n) is 12.2. The number of imide groups is 1. The number of amides is 2. The second-order valence-corrected chi connectivity index (χ2v) is 5.50. The van der Waals surface area contributed by atoms with Crippen molar-refractivity contribution in [1.82, 2.24) is 4.90 Å². The first kappa shape index (κ1) is 14.4. The van der Waals surface area contributed by atoms with Gasteiger partial charge in [0.15, 0.2) is 6.67 Å². The van der Waals surface area contributed by atoms with E-state index in [2.05, 4.69) is 0 Å². The van der Waals surface area contributed by atoms with Crippen LogP contribution in [0.5, 0.6) is 0 Å². The van der Waals surface area contributed by atoms with Crippen LogP contribution in [0, 0.1) is 5.82 Å². The Labute approximate surface area is 127 Å². The molecule has 112 valence electrons. The lowest BCUT2D eigenvalue weighted by atomic mass is 10.1. The van der Waals surface area contributed by atoms with Gasteiger partial charge in [0.1, 0.15) is 12.4 Å². The lowest BCUT2D eigenvalue weighted by molar-refractivity contribution is -0.901.